The van der Waals surface area contributed by atoms with Crippen molar-refractivity contribution in [3.8, 4) is 0 Å². The Bertz CT molecular complexity index is 449. The highest BCUT2D eigenvalue weighted by atomic mass is 16.3. The third-order valence-corrected chi connectivity index (χ3v) is 8.69. The fraction of sp³-hybridized carbons (Fsp3) is 1.00. The average molecular weight is 306 g/mol. The third-order valence-electron chi connectivity index (χ3n) is 8.69. The zero-order chi connectivity index (χ0) is 15.7. The lowest BCUT2D eigenvalue weighted by Crippen LogP contribution is -2.57. The normalized spacial score (nSPS) is 61.2. The van der Waals surface area contributed by atoms with Crippen LogP contribution in [0.15, 0.2) is 0 Å². The van der Waals surface area contributed by atoms with Crippen molar-refractivity contribution in [2.24, 2.45) is 40.4 Å². The fourth-order valence-electron chi connectivity index (χ4n) is 7.52. The van der Waals surface area contributed by atoms with Crippen LogP contribution in [0.4, 0.5) is 0 Å². The van der Waals surface area contributed by atoms with Gasteiger partial charge in [0, 0.05) is 0 Å². The smallest absolute Gasteiger partial charge is 0.0576 e. The van der Waals surface area contributed by atoms with E-state index in [-0.39, 0.29) is 12.2 Å². The van der Waals surface area contributed by atoms with Crippen molar-refractivity contribution in [2.75, 3.05) is 0 Å². The van der Waals surface area contributed by atoms with Gasteiger partial charge in [-0.05, 0) is 85.4 Å². The molecule has 0 spiro atoms. The van der Waals surface area contributed by atoms with Gasteiger partial charge in [0.2, 0.25) is 0 Å². The van der Waals surface area contributed by atoms with Gasteiger partial charge >= 0.3 is 0 Å². The molecule has 4 saturated carbocycles. The zero-order valence-electron chi connectivity index (χ0n) is 14.6. The predicted octanol–water partition coefficient (Wildman–Crippen LogP) is 4.00. The summed E-state index contributed by atoms with van der Waals surface area (Å²) in [5.74, 6) is 3.39. The van der Waals surface area contributed by atoms with E-state index in [1.54, 1.807) is 0 Å². The van der Waals surface area contributed by atoms with E-state index in [4.69, 9.17) is 0 Å². The van der Waals surface area contributed by atoms with Gasteiger partial charge in [-0.3, -0.25) is 0 Å². The Balaban J connectivity index is 1.66. The summed E-state index contributed by atoms with van der Waals surface area (Å²) in [7, 11) is 0. The van der Waals surface area contributed by atoms with Gasteiger partial charge < -0.3 is 10.2 Å². The van der Waals surface area contributed by atoms with Gasteiger partial charge in [0.25, 0.3) is 0 Å². The molecule has 126 valence electrons. The Hall–Kier alpha value is -0.0800. The molecule has 0 aromatic rings. The van der Waals surface area contributed by atoms with E-state index in [1.165, 1.54) is 32.1 Å². The molecule has 9 atom stereocenters. The van der Waals surface area contributed by atoms with Gasteiger partial charge in [-0.1, -0.05) is 27.2 Å². The van der Waals surface area contributed by atoms with Crippen molar-refractivity contribution in [2.45, 2.75) is 84.3 Å². The Morgan fingerprint density at radius 3 is 2.41 bits per heavy atom. The highest BCUT2D eigenvalue weighted by Crippen LogP contribution is 2.66. The minimum absolute atomic E-state index is 0.0946. The minimum Gasteiger partial charge on any atom is -0.393 e. The number of hydrogen-bond acceptors (Lipinski definition) is 2. The molecule has 0 aromatic heterocycles. The molecule has 4 fully saturated rings. The molecule has 0 aromatic carbocycles. The number of rotatable bonds is 0. The van der Waals surface area contributed by atoms with E-state index in [0.717, 1.165) is 31.1 Å². The maximum atomic E-state index is 10.9. The fourth-order valence-corrected chi connectivity index (χ4v) is 7.52. The summed E-state index contributed by atoms with van der Waals surface area (Å²) in [5.41, 5.74) is 0.690. The van der Waals surface area contributed by atoms with Gasteiger partial charge in [-0.2, -0.15) is 0 Å². The van der Waals surface area contributed by atoms with Gasteiger partial charge in [0.15, 0.2) is 0 Å². The van der Waals surface area contributed by atoms with Gasteiger partial charge in [0.05, 0.1) is 12.2 Å². The Morgan fingerprint density at radius 2 is 1.64 bits per heavy atom. The van der Waals surface area contributed by atoms with Crippen LogP contribution in [-0.4, -0.2) is 22.4 Å². The van der Waals surface area contributed by atoms with Crippen LogP contribution in [0.2, 0.25) is 0 Å². The van der Waals surface area contributed by atoms with E-state index >= 15 is 0 Å². The van der Waals surface area contributed by atoms with Crippen molar-refractivity contribution in [1.82, 2.24) is 0 Å². The molecule has 22 heavy (non-hydrogen) atoms. The molecule has 4 aliphatic rings. The first kappa shape index (κ1) is 15.4. The number of fused-ring (bicyclic) bond motifs is 5. The summed E-state index contributed by atoms with van der Waals surface area (Å²) in [6, 6.07) is 0. The molecule has 0 bridgehead atoms. The molecular weight excluding hydrogens is 272 g/mol. The summed E-state index contributed by atoms with van der Waals surface area (Å²) < 4.78 is 0. The van der Waals surface area contributed by atoms with Crippen LogP contribution >= 0.6 is 0 Å². The molecule has 0 amide bonds. The van der Waals surface area contributed by atoms with Crippen molar-refractivity contribution >= 4 is 0 Å². The van der Waals surface area contributed by atoms with E-state index in [1.807, 2.05) is 0 Å². The SMILES string of the molecule is C[C@H]1CC[C@@]2(C)[C@@H]3CC[C@@]4(C)C[C@H](O)C[C@@H]4[C@H]3C[C@H](O)[C@@H]2C1. The minimum atomic E-state index is -0.103. The maximum Gasteiger partial charge on any atom is 0.0576 e. The second kappa shape index (κ2) is 4.96. The molecule has 0 saturated heterocycles. The molecule has 4 rings (SSSR count). The molecule has 0 heterocycles. The monoisotopic (exact) mass is 306 g/mol. The second-order valence-corrected chi connectivity index (χ2v) is 9.96. The van der Waals surface area contributed by atoms with E-state index < -0.39 is 0 Å². The largest absolute Gasteiger partial charge is 0.393 e. The standard InChI is InChI=1S/C20H34O2/c1-12-4-7-20(3)15-5-6-19(2)11-13(21)9-16(19)14(15)10-18(22)17(20)8-12/h12-18,21-22H,4-11H2,1-3H3/t12-,13+,14-,15+,16+,17-,18-,19-,20-/m0/s1. The quantitative estimate of drug-likeness (QED) is 0.710. The number of aliphatic hydroxyl groups excluding tert-OH is 2. The van der Waals surface area contributed by atoms with E-state index in [0.29, 0.717) is 28.6 Å². The summed E-state index contributed by atoms with van der Waals surface area (Å²) in [6.07, 6.45) is 9.29. The first-order valence-electron chi connectivity index (χ1n) is 9.69. The van der Waals surface area contributed by atoms with Crippen LogP contribution in [-0.2, 0) is 0 Å². The molecule has 0 unspecified atom stereocenters. The molecule has 0 radical (unpaired) electrons. The van der Waals surface area contributed by atoms with Crippen molar-refractivity contribution in [1.29, 1.82) is 0 Å². The van der Waals surface area contributed by atoms with Crippen LogP contribution in [0.3, 0.4) is 0 Å². The molecule has 2 heteroatoms. The van der Waals surface area contributed by atoms with Crippen LogP contribution in [0.25, 0.3) is 0 Å². The number of hydrogen-bond donors (Lipinski definition) is 2. The molecule has 2 N–H and O–H groups in total. The molecule has 2 nitrogen and oxygen atoms in total. The molecular formula is C20H34O2. The molecule has 0 aliphatic heterocycles. The Labute approximate surface area is 135 Å². The average Bonchev–Trinajstić information content (AvgIpc) is 2.76. The first-order valence-corrected chi connectivity index (χ1v) is 9.69. The van der Waals surface area contributed by atoms with Gasteiger partial charge in [-0.25, -0.2) is 0 Å². The summed E-state index contributed by atoms with van der Waals surface area (Å²) >= 11 is 0. The van der Waals surface area contributed by atoms with Crippen LogP contribution in [0.5, 0.6) is 0 Å². The van der Waals surface area contributed by atoms with E-state index in [2.05, 4.69) is 20.8 Å². The predicted molar refractivity (Wildman–Crippen MR) is 88.3 cm³/mol. The van der Waals surface area contributed by atoms with Crippen molar-refractivity contribution < 1.29 is 10.2 Å². The zero-order valence-corrected chi connectivity index (χ0v) is 14.6. The Morgan fingerprint density at radius 1 is 0.864 bits per heavy atom. The van der Waals surface area contributed by atoms with E-state index in [9.17, 15) is 10.2 Å². The van der Waals surface area contributed by atoms with Gasteiger partial charge in [-0.15, -0.1) is 0 Å². The first-order chi connectivity index (χ1) is 10.3. The lowest BCUT2D eigenvalue weighted by molar-refractivity contribution is -0.159. The molecule has 4 aliphatic carbocycles. The second-order valence-electron chi connectivity index (χ2n) is 9.96. The lowest BCUT2D eigenvalue weighted by atomic mass is 9.44. The highest BCUT2D eigenvalue weighted by Gasteiger charge is 2.60. The van der Waals surface area contributed by atoms with Crippen LogP contribution in [0.1, 0.15) is 72.1 Å². The maximum absolute atomic E-state index is 10.9. The van der Waals surface area contributed by atoms with Gasteiger partial charge in [0.1, 0.15) is 0 Å². The van der Waals surface area contributed by atoms with Crippen molar-refractivity contribution in [3.63, 3.8) is 0 Å². The number of aliphatic hydroxyl groups is 2. The highest BCUT2D eigenvalue weighted by molar-refractivity contribution is 5.10. The van der Waals surface area contributed by atoms with Crippen molar-refractivity contribution in [3.05, 3.63) is 0 Å². The Kier molecular flexibility index (Phi) is 3.48. The summed E-state index contributed by atoms with van der Waals surface area (Å²) in [6.45, 7) is 7.27. The topological polar surface area (TPSA) is 40.5 Å². The summed E-state index contributed by atoms with van der Waals surface area (Å²) in [5, 5.41) is 21.2. The lowest BCUT2D eigenvalue weighted by Gasteiger charge is -2.61. The third kappa shape index (κ3) is 2.05. The van der Waals surface area contributed by atoms with Crippen LogP contribution in [0, 0.1) is 40.4 Å². The van der Waals surface area contributed by atoms with Crippen LogP contribution < -0.4 is 0 Å². The summed E-state index contributed by atoms with van der Waals surface area (Å²) in [4.78, 5) is 0.